The van der Waals surface area contributed by atoms with Crippen LogP contribution in [0.15, 0.2) is 52.4 Å². The monoisotopic (exact) mass is 410 g/mol. The van der Waals surface area contributed by atoms with Gasteiger partial charge in [-0.2, -0.15) is 15.2 Å². The van der Waals surface area contributed by atoms with Crippen molar-refractivity contribution in [1.29, 1.82) is 0 Å². The Hall–Kier alpha value is -4.28. The van der Waals surface area contributed by atoms with E-state index in [4.69, 9.17) is 9.47 Å². The van der Waals surface area contributed by atoms with Crippen molar-refractivity contribution in [2.45, 2.75) is 13.5 Å². The van der Waals surface area contributed by atoms with Gasteiger partial charge in [0.15, 0.2) is 11.6 Å². The molecule has 2 N–H and O–H groups in total. The molecule has 0 atom stereocenters. The third-order valence-electron chi connectivity index (χ3n) is 3.96. The first kappa shape index (κ1) is 20.5. The molecule has 3 rings (SSSR count). The number of hydrogen-bond donors (Lipinski definition) is 2. The van der Waals surface area contributed by atoms with E-state index in [2.05, 4.69) is 25.7 Å². The van der Waals surface area contributed by atoms with Crippen molar-refractivity contribution in [1.82, 2.24) is 15.2 Å². The SMILES string of the molecule is COc1cc(/C=N/Nc2nc(=O)[nH]nc2C)cc([N+](=O)[O-])c1OCc1ccccc1. The zero-order valence-corrected chi connectivity index (χ0v) is 16.2. The molecule has 11 heteroatoms. The minimum absolute atomic E-state index is 0.0211. The molecule has 0 amide bonds. The minimum Gasteiger partial charge on any atom is -0.493 e. The number of aromatic amines is 1. The average Bonchev–Trinajstić information content (AvgIpc) is 2.75. The summed E-state index contributed by atoms with van der Waals surface area (Å²) in [4.78, 5) is 26.0. The predicted molar refractivity (Wildman–Crippen MR) is 109 cm³/mol. The summed E-state index contributed by atoms with van der Waals surface area (Å²) in [5.41, 5.74) is 3.36. The first-order chi connectivity index (χ1) is 14.5. The number of nitrogens with one attached hydrogen (secondary N) is 2. The van der Waals surface area contributed by atoms with Gasteiger partial charge in [-0.15, -0.1) is 0 Å². The largest absolute Gasteiger partial charge is 0.493 e. The molecule has 0 aliphatic heterocycles. The number of aromatic nitrogens is 3. The van der Waals surface area contributed by atoms with Crippen LogP contribution >= 0.6 is 0 Å². The second kappa shape index (κ2) is 9.28. The lowest BCUT2D eigenvalue weighted by Crippen LogP contribution is -2.15. The van der Waals surface area contributed by atoms with Crippen LogP contribution in [0.3, 0.4) is 0 Å². The maximum absolute atomic E-state index is 11.6. The number of nitro groups is 1. The fourth-order valence-electron chi connectivity index (χ4n) is 2.51. The molecular formula is C19H18N6O5. The molecule has 0 aliphatic carbocycles. The van der Waals surface area contributed by atoms with Crippen LogP contribution in [0.1, 0.15) is 16.8 Å². The lowest BCUT2D eigenvalue weighted by molar-refractivity contribution is -0.386. The second-order valence-electron chi connectivity index (χ2n) is 6.05. The normalized spacial score (nSPS) is 10.7. The molecule has 1 heterocycles. The zero-order valence-electron chi connectivity index (χ0n) is 16.2. The Morgan fingerprint density at radius 1 is 1.30 bits per heavy atom. The Bertz CT molecular complexity index is 1130. The van der Waals surface area contributed by atoms with Gasteiger partial charge in [-0.25, -0.2) is 9.89 Å². The van der Waals surface area contributed by atoms with Crippen molar-refractivity contribution in [2.24, 2.45) is 5.10 Å². The fourth-order valence-corrected chi connectivity index (χ4v) is 2.51. The Kier molecular flexibility index (Phi) is 6.33. The lowest BCUT2D eigenvalue weighted by atomic mass is 10.1. The van der Waals surface area contributed by atoms with Gasteiger partial charge in [0.05, 0.1) is 18.2 Å². The van der Waals surface area contributed by atoms with E-state index in [0.29, 0.717) is 11.3 Å². The summed E-state index contributed by atoms with van der Waals surface area (Å²) in [5.74, 6) is 0.376. The van der Waals surface area contributed by atoms with Crippen molar-refractivity contribution in [3.05, 3.63) is 79.9 Å². The number of hydrogen-bond acceptors (Lipinski definition) is 9. The fraction of sp³-hybridized carbons (Fsp3) is 0.158. The van der Waals surface area contributed by atoms with Crippen LogP contribution in [0.5, 0.6) is 11.5 Å². The number of nitro benzene ring substituents is 1. The maximum Gasteiger partial charge on any atom is 0.363 e. The first-order valence-electron chi connectivity index (χ1n) is 8.73. The number of benzene rings is 2. The third-order valence-corrected chi connectivity index (χ3v) is 3.96. The summed E-state index contributed by atoms with van der Waals surface area (Å²) in [6.45, 7) is 1.78. The molecule has 0 saturated carbocycles. The van der Waals surface area contributed by atoms with Crippen LogP contribution in [0, 0.1) is 17.0 Å². The molecule has 0 unspecified atom stereocenters. The van der Waals surface area contributed by atoms with Gasteiger partial charge in [0, 0.05) is 11.6 Å². The molecule has 0 fully saturated rings. The number of aryl methyl sites for hydroxylation is 1. The van der Waals surface area contributed by atoms with Crippen LogP contribution in [0.2, 0.25) is 0 Å². The Labute approximate surface area is 170 Å². The van der Waals surface area contributed by atoms with Crippen LogP contribution in [0.4, 0.5) is 11.5 Å². The smallest absolute Gasteiger partial charge is 0.363 e. The first-order valence-corrected chi connectivity index (χ1v) is 8.73. The number of H-pyrrole nitrogens is 1. The van der Waals surface area contributed by atoms with Gasteiger partial charge in [0.1, 0.15) is 12.3 Å². The minimum atomic E-state index is -0.629. The van der Waals surface area contributed by atoms with Crippen molar-refractivity contribution in [3.8, 4) is 11.5 Å². The third kappa shape index (κ3) is 4.95. The van der Waals surface area contributed by atoms with Gasteiger partial charge >= 0.3 is 11.4 Å². The highest BCUT2D eigenvalue weighted by atomic mass is 16.6. The number of ether oxygens (including phenoxy) is 2. The summed E-state index contributed by atoms with van der Waals surface area (Å²) in [6, 6.07) is 12.1. The molecule has 0 radical (unpaired) electrons. The molecule has 1 aromatic heterocycles. The number of nitrogens with zero attached hydrogens (tertiary/aromatic N) is 4. The molecular weight excluding hydrogens is 392 g/mol. The topological polar surface area (TPSA) is 145 Å². The van der Waals surface area contributed by atoms with E-state index in [0.717, 1.165) is 5.56 Å². The number of methoxy groups -OCH3 is 1. The van der Waals surface area contributed by atoms with Gasteiger partial charge in [-0.1, -0.05) is 30.3 Å². The van der Waals surface area contributed by atoms with Crippen molar-refractivity contribution < 1.29 is 14.4 Å². The van der Waals surface area contributed by atoms with Gasteiger partial charge in [0.2, 0.25) is 5.75 Å². The molecule has 0 aliphatic rings. The molecule has 3 aromatic rings. The molecule has 11 nitrogen and oxygen atoms in total. The van der Waals surface area contributed by atoms with E-state index in [1.54, 1.807) is 13.0 Å². The van der Waals surface area contributed by atoms with Gasteiger partial charge in [-0.05, 0) is 18.6 Å². The Morgan fingerprint density at radius 2 is 2.07 bits per heavy atom. The summed E-state index contributed by atoms with van der Waals surface area (Å²) in [5, 5.41) is 21.5. The van der Waals surface area contributed by atoms with E-state index in [1.807, 2.05) is 30.3 Å². The lowest BCUT2D eigenvalue weighted by Gasteiger charge is -2.12. The second-order valence-corrected chi connectivity index (χ2v) is 6.05. The van der Waals surface area contributed by atoms with E-state index >= 15 is 0 Å². The van der Waals surface area contributed by atoms with Gasteiger partial charge in [0.25, 0.3) is 0 Å². The van der Waals surface area contributed by atoms with Crippen LogP contribution in [-0.2, 0) is 6.61 Å². The van der Waals surface area contributed by atoms with Crippen molar-refractivity contribution in [2.75, 3.05) is 12.5 Å². The number of rotatable bonds is 8. The van der Waals surface area contributed by atoms with Crippen molar-refractivity contribution in [3.63, 3.8) is 0 Å². The van der Waals surface area contributed by atoms with Crippen LogP contribution in [-0.4, -0.2) is 33.4 Å². The summed E-state index contributed by atoms with van der Waals surface area (Å²) >= 11 is 0. The molecule has 0 saturated heterocycles. The quantitative estimate of drug-likeness (QED) is 0.327. The zero-order chi connectivity index (χ0) is 21.5. The molecule has 0 bridgehead atoms. The predicted octanol–water partition coefficient (Wildman–Crippen LogP) is 2.42. The molecule has 154 valence electrons. The molecule has 0 spiro atoms. The number of anilines is 1. The summed E-state index contributed by atoms with van der Waals surface area (Å²) in [7, 11) is 1.39. The van der Waals surface area contributed by atoms with Gasteiger partial charge in [-0.3, -0.25) is 15.5 Å². The maximum atomic E-state index is 11.6. The van der Waals surface area contributed by atoms with Crippen LogP contribution in [0.25, 0.3) is 0 Å². The number of hydrazone groups is 1. The van der Waals surface area contributed by atoms with E-state index in [9.17, 15) is 14.9 Å². The van der Waals surface area contributed by atoms with E-state index in [-0.39, 0.29) is 29.6 Å². The molecule has 30 heavy (non-hydrogen) atoms. The summed E-state index contributed by atoms with van der Waals surface area (Å²) < 4.78 is 11.0. The Morgan fingerprint density at radius 3 is 2.77 bits per heavy atom. The summed E-state index contributed by atoms with van der Waals surface area (Å²) in [6.07, 6.45) is 1.33. The van der Waals surface area contributed by atoms with Gasteiger partial charge < -0.3 is 9.47 Å². The van der Waals surface area contributed by atoms with E-state index in [1.165, 1.54) is 19.4 Å². The molecule has 2 aromatic carbocycles. The van der Waals surface area contributed by atoms with Crippen LogP contribution < -0.4 is 20.6 Å². The highest BCUT2D eigenvalue weighted by Crippen LogP contribution is 2.38. The van der Waals surface area contributed by atoms with Crippen molar-refractivity contribution >= 4 is 17.7 Å². The Balaban J connectivity index is 1.85. The highest BCUT2D eigenvalue weighted by molar-refractivity contribution is 5.83. The standard InChI is InChI=1S/C19H18N6O5/c1-12-18(21-19(26)24-22-12)23-20-10-14-8-15(25(27)28)17(16(9-14)29-2)30-11-13-6-4-3-5-7-13/h3-10H,11H2,1-2H3,(H2,21,23,24,26)/b20-10+. The average molecular weight is 410 g/mol. The van der Waals surface area contributed by atoms with E-state index < -0.39 is 10.6 Å². The highest BCUT2D eigenvalue weighted by Gasteiger charge is 2.22.